The van der Waals surface area contributed by atoms with E-state index in [1.807, 2.05) is 0 Å². The molecule has 0 atom stereocenters. The van der Waals surface area contributed by atoms with Gasteiger partial charge < -0.3 is 19.9 Å². The average Bonchev–Trinajstić information content (AvgIpc) is 3.08. The van der Waals surface area contributed by atoms with Crippen molar-refractivity contribution in [3.05, 3.63) is 12.2 Å². The van der Waals surface area contributed by atoms with E-state index in [1.54, 1.807) is 6.33 Å². The van der Waals surface area contributed by atoms with Gasteiger partial charge in [0.05, 0.1) is 0 Å². The van der Waals surface area contributed by atoms with E-state index in [1.165, 1.54) is 12.8 Å². The molecule has 7 heteroatoms. The van der Waals surface area contributed by atoms with E-state index in [9.17, 15) is 0 Å². The van der Waals surface area contributed by atoms with E-state index in [-0.39, 0.29) is 0 Å². The fraction of sp³-hybridized carbons (Fsp3) is 0.833. The highest BCUT2D eigenvalue weighted by atomic mass is 16.5. The summed E-state index contributed by atoms with van der Waals surface area (Å²) in [6.45, 7) is 11.5. The largest absolute Gasteiger partial charge is 0.381 e. The van der Waals surface area contributed by atoms with Crippen LogP contribution in [0.25, 0.3) is 0 Å². The molecule has 1 heterocycles. The third-order valence-electron chi connectivity index (χ3n) is 3.84. The summed E-state index contributed by atoms with van der Waals surface area (Å²) in [6, 6.07) is 0. The third kappa shape index (κ3) is 10.1. The molecule has 2 N–H and O–H groups in total. The Bertz CT molecular complexity index is 460. The maximum absolute atomic E-state index is 5.58. The van der Waals surface area contributed by atoms with Crippen LogP contribution in [-0.4, -0.2) is 53.6 Å². The van der Waals surface area contributed by atoms with Crippen molar-refractivity contribution in [1.29, 1.82) is 0 Å². The van der Waals surface area contributed by atoms with Gasteiger partial charge in [0.1, 0.15) is 12.2 Å². The second-order valence-electron chi connectivity index (χ2n) is 6.05. The first-order valence-corrected chi connectivity index (χ1v) is 9.78. The van der Waals surface area contributed by atoms with Crippen LogP contribution < -0.4 is 10.6 Å². The van der Waals surface area contributed by atoms with Gasteiger partial charge in [-0.1, -0.05) is 33.6 Å². The number of aromatic nitrogens is 3. The molecule has 0 aliphatic carbocycles. The van der Waals surface area contributed by atoms with Crippen LogP contribution in [0.2, 0.25) is 0 Å². The topological polar surface area (TPSA) is 76.4 Å². The van der Waals surface area contributed by atoms with Crippen LogP contribution in [0, 0.1) is 0 Å². The molecule has 144 valence electrons. The van der Waals surface area contributed by atoms with Crippen LogP contribution in [0.3, 0.4) is 0 Å². The highest BCUT2D eigenvalue weighted by molar-refractivity contribution is 5.79. The van der Waals surface area contributed by atoms with Gasteiger partial charge >= 0.3 is 0 Å². The molecule has 0 aliphatic heterocycles. The molecule has 0 spiro atoms. The first kappa shape index (κ1) is 21.4. The maximum Gasteiger partial charge on any atom is 0.191 e. The number of guanidine groups is 1. The lowest BCUT2D eigenvalue weighted by Gasteiger charge is -2.13. The number of rotatable bonds is 14. The van der Waals surface area contributed by atoms with Gasteiger partial charge in [0.15, 0.2) is 5.96 Å². The van der Waals surface area contributed by atoms with E-state index in [0.717, 1.165) is 76.9 Å². The van der Waals surface area contributed by atoms with Gasteiger partial charge in [-0.25, -0.2) is 0 Å². The highest BCUT2D eigenvalue weighted by Crippen LogP contribution is 1.95. The van der Waals surface area contributed by atoms with Crippen LogP contribution in [-0.2, 0) is 17.7 Å². The summed E-state index contributed by atoms with van der Waals surface area (Å²) < 4.78 is 7.66. The number of aryl methyl sites for hydroxylation is 1. The molecule has 1 aromatic rings. The van der Waals surface area contributed by atoms with Crippen LogP contribution in [0.15, 0.2) is 11.3 Å². The molecular weight excluding hydrogens is 316 g/mol. The lowest BCUT2D eigenvalue weighted by molar-refractivity contribution is 0.130. The summed E-state index contributed by atoms with van der Waals surface area (Å²) in [4.78, 5) is 4.65. The number of aliphatic imine (C=N–C) groups is 1. The second-order valence-corrected chi connectivity index (χ2v) is 6.05. The van der Waals surface area contributed by atoms with Crippen LogP contribution in [0.4, 0.5) is 0 Å². The zero-order chi connectivity index (χ0) is 18.2. The Hall–Kier alpha value is -1.63. The summed E-state index contributed by atoms with van der Waals surface area (Å²) in [5, 5.41) is 14.9. The van der Waals surface area contributed by atoms with Crippen molar-refractivity contribution in [2.24, 2.45) is 4.99 Å². The SMILES string of the molecule is CCCCNC(=NCCCOCCCC)NCCn1cnnc1CC. The molecule has 0 fully saturated rings. The molecule has 0 bridgehead atoms. The molecule has 0 saturated heterocycles. The van der Waals surface area contributed by atoms with Gasteiger partial charge in [-0.05, 0) is 19.3 Å². The second kappa shape index (κ2) is 14.7. The molecule has 0 aromatic carbocycles. The molecule has 1 aromatic heterocycles. The Balaban J connectivity index is 2.31. The van der Waals surface area contributed by atoms with Crippen molar-refractivity contribution in [3.63, 3.8) is 0 Å². The van der Waals surface area contributed by atoms with E-state index in [4.69, 9.17) is 4.74 Å². The Morgan fingerprint density at radius 3 is 2.60 bits per heavy atom. The summed E-state index contributed by atoms with van der Waals surface area (Å²) in [5.74, 6) is 1.90. The minimum atomic E-state index is 0.778. The van der Waals surface area contributed by atoms with E-state index in [0.29, 0.717) is 0 Å². The Labute approximate surface area is 152 Å². The number of hydrogen-bond acceptors (Lipinski definition) is 4. The molecule has 0 aliphatic rings. The fourth-order valence-electron chi connectivity index (χ4n) is 2.30. The Kier molecular flexibility index (Phi) is 12.6. The van der Waals surface area contributed by atoms with Crippen molar-refractivity contribution in [2.45, 2.75) is 65.8 Å². The van der Waals surface area contributed by atoms with Crippen LogP contribution in [0.5, 0.6) is 0 Å². The number of hydrogen-bond donors (Lipinski definition) is 2. The van der Waals surface area contributed by atoms with E-state index in [2.05, 4.69) is 51.2 Å². The molecule has 0 amide bonds. The van der Waals surface area contributed by atoms with Gasteiger partial charge in [0.2, 0.25) is 0 Å². The minimum Gasteiger partial charge on any atom is -0.381 e. The molecular formula is C18H36N6O. The number of ether oxygens (including phenoxy) is 1. The molecule has 25 heavy (non-hydrogen) atoms. The first-order valence-electron chi connectivity index (χ1n) is 9.78. The highest BCUT2D eigenvalue weighted by Gasteiger charge is 2.02. The first-order chi connectivity index (χ1) is 12.3. The molecule has 1 rings (SSSR count). The van der Waals surface area contributed by atoms with Gasteiger partial charge in [-0.3, -0.25) is 4.99 Å². The standard InChI is InChI=1S/C18H36N6O/c1-4-7-10-19-18(20-11-9-15-25-14-8-5-2)21-12-13-24-16-22-23-17(24)6-3/h16H,4-15H2,1-3H3,(H2,19,20,21). The monoisotopic (exact) mass is 352 g/mol. The smallest absolute Gasteiger partial charge is 0.191 e. The van der Waals surface area contributed by atoms with Gasteiger partial charge in [0.25, 0.3) is 0 Å². The predicted molar refractivity (Wildman–Crippen MR) is 103 cm³/mol. The van der Waals surface area contributed by atoms with Crippen molar-refractivity contribution in [1.82, 2.24) is 25.4 Å². The molecule has 7 nitrogen and oxygen atoms in total. The summed E-state index contributed by atoms with van der Waals surface area (Å²) in [5.41, 5.74) is 0. The van der Waals surface area contributed by atoms with E-state index < -0.39 is 0 Å². The van der Waals surface area contributed by atoms with Gasteiger partial charge in [-0.15, -0.1) is 10.2 Å². The number of unbranched alkanes of at least 4 members (excludes halogenated alkanes) is 2. The lowest BCUT2D eigenvalue weighted by atomic mass is 10.3. The fourth-order valence-corrected chi connectivity index (χ4v) is 2.30. The van der Waals surface area contributed by atoms with Crippen molar-refractivity contribution < 1.29 is 4.74 Å². The van der Waals surface area contributed by atoms with Crippen LogP contribution >= 0.6 is 0 Å². The average molecular weight is 353 g/mol. The quantitative estimate of drug-likeness (QED) is 0.305. The molecule has 0 radical (unpaired) electrons. The minimum absolute atomic E-state index is 0.778. The maximum atomic E-state index is 5.58. The Morgan fingerprint density at radius 1 is 1.08 bits per heavy atom. The Morgan fingerprint density at radius 2 is 1.84 bits per heavy atom. The van der Waals surface area contributed by atoms with E-state index >= 15 is 0 Å². The van der Waals surface area contributed by atoms with Crippen molar-refractivity contribution in [2.75, 3.05) is 32.8 Å². The van der Waals surface area contributed by atoms with Crippen molar-refractivity contribution >= 4 is 5.96 Å². The summed E-state index contributed by atoms with van der Waals surface area (Å²) in [6.07, 6.45) is 8.27. The van der Waals surface area contributed by atoms with Crippen LogP contribution in [0.1, 0.15) is 58.7 Å². The van der Waals surface area contributed by atoms with Gasteiger partial charge in [0, 0.05) is 45.8 Å². The molecule has 0 unspecified atom stereocenters. The summed E-state index contributed by atoms with van der Waals surface area (Å²) >= 11 is 0. The normalized spacial score (nSPS) is 11.7. The lowest BCUT2D eigenvalue weighted by Crippen LogP contribution is -2.39. The zero-order valence-electron chi connectivity index (χ0n) is 16.3. The summed E-state index contributed by atoms with van der Waals surface area (Å²) in [7, 11) is 0. The number of nitrogens with zero attached hydrogens (tertiary/aromatic N) is 4. The zero-order valence-corrected chi connectivity index (χ0v) is 16.3. The third-order valence-corrected chi connectivity index (χ3v) is 3.84. The number of nitrogens with one attached hydrogen (secondary N) is 2. The van der Waals surface area contributed by atoms with Crippen molar-refractivity contribution in [3.8, 4) is 0 Å². The van der Waals surface area contributed by atoms with Gasteiger partial charge in [-0.2, -0.15) is 0 Å². The molecule has 0 saturated carbocycles. The predicted octanol–water partition coefficient (Wildman–Crippen LogP) is 2.38.